The first-order chi connectivity index (χ1) is 10.6. The minimum atomic E-state index is -0.460. The van der Waals surface area contributed by atoms with E-state index in [2.05, 4.69) is 20.7 Å². The van der Waals surface area contributed by atoms with E-state index >= 15 is 0 Å². The topological polar surface area (TPSA) is 113 Å². The summed E-state index contributed by atoms with van der Waals surface area (Å²) in [4.78, 5) is 22.0. The zero-order valence-corrected chi connectivity index (χ0v) is 11.7. The summed E-state index contributed by atoms with van der Waals surface area (Å²) in [6.45, 7) is 1.78. The summed E-state index contributed by atoms with van der Waals surface area (Å²) in [6, 6.07) is 7.92. The molecule has 0 radical (unpaired) electrons. The van der Waals surface area contributed by atoms with Gasteiger partial charge in [0, 0.05) is 18.0 Å². The van der Waals surface area contributed by atoms with Gasteiger partial charge in [0.05, 0.1) is 10.5 Å². The quantitative estimate of drug-likeness (QED) is 0.499. The lowest BCUT2D eigenvalue weighted by Crippen LogP contribution is -2.17. The van der Waals surface area contributed by atoms with Crippen LogP contribution in [-0.4, -0.2) is 27.2 Å². The van der Waals surface area contributed by atoms with Crippen molar-refractivity contribution in [2.24, 2.45) is 5.10 Å². The zero-order valence-electron chi connectivity index (χ0n) is 11.7. The SMILES string of the molecule is Cc1cc(C(=O)NN=CC=Cc2ccccc2[N+](=O)[O-])n[nH]1. The van der Waals surface area contributed by atoms with Crippen molar-refractivity contribution in [3.63, 3.8) is 0 Å². The molecule has 0 fully saturated rings. The fourth-order valence-corrected chi connectivity index (χ4v) is 1.67. The monoisotopic (exact) mass is 299 g/mol. The van der Waals surface area contributed by atoms with Crippen molar-refractivity contribution in [2.75, 3.05) is 0 Å². The van der Waals surface area contributed by atoms with Gasteiger partial charge in [-0.2, -0.15) is 10.2 Å². The minimum absolute atomic E-state index is 0.00295. The lowest BCUT2D eigenvalue weighted by Gasteiger charge is -1.95. The summed E-state index contributed by atoms with van der Waals surface area (Å²) in [6.07, 6.45) is 4.36. The third-order valence-electron chi connectivity index (χ3n) is 2.67. The summed E-state index contributed by atoms with van der Waals surface area (Å²) in [5, 5.41) is 21.0. The molecule has 2 aromatic rings. The maximum Gasteiger partial charge on any atom is 0.291 e. The smallest absolute Gasteiger partial charge is 0.282 e. The summed E-state index contributed by atoms with van der Waals surface area (Å²) < 4.78 is 0. The Morgan fingerprint density at radius 1 is 1.45 bits per heavy atom. The fourth-order valence-electron chi connectivity index (χ4n) is 1.67. The van der Waals surface area contributed by atoms with Gasteiger partial charge in [0.1, 0.15) is 0 Å². The molecular formula is C14H13N5O3. The first-order valence-electron chi connectivity index (χ1n) is 6.33. The Balaban J connectivity index is 1.95. The summed E-state index contributed by atoms with van der Waals surface area (Å²) >= 11 is 0. The second kappa shape index (κ2) is 6.93. The van der Waals surface area contributed by atoms with Gasteiger partial charge in [0.15, 0.2) is 5.69 Å². The van der Waals surface area contributed by atoms with Crippen LogP contribution in [0.25, 0.3) is 6.08 Å². The molecule has 0 spiro atoms. The molecule has 2 rings (SSSR count). The summed E-state index contributed by atoms with van der Waals surface area (Å²) in [7, 11) is 0. The Hall–Kier alpha value is -3.29. The first-order valence-corrected chi connectivity index (χ1v) is 6.33. The molecule has 0 aliphatic rings. The second-order valence-corrected chi connectivity index (χ2v) is 4.33. The molecule has 2 N–H and O–H groups in total. The predicted octanol–water partition coefficient (Wildman–Crippen LogP) is 2.06. The number of aryl methyl sites for hydroxylation is 1. The van der Waals surface area contributed by atoms with Crippen molar-refractivity contribution < 1.29 is 9.72 Å². The number of nitro groups is 1. The largest absolute Gasteiger partial charge is 0.291 e. The molecular weight excluding hydrogens is 286 g/mol. The van der Waals surface area contributed by atoms with Crippen LogP contribution in [0.3, 0.4) is 0 Å². The number of nitrogens with one attached hydrogen (secondary N) is 2. The number of amides is 1. The van der Waals surface area contributed by atoms with Crippen LogP contribution >= 0.6 is 0 Å². The van der Waals surface area contributed by atoms with E-state index in [1.165, 1.54) is 24.4 Å². The predicted molar refractivity (Wildman–Crippen MR) is 81.4 cm³/mol. The van der Waals surface area contributed by atoms with E-state index in [-0.39, 0.29) is 11.4 Å². The van der Waals surface area contributed by atoms with Crippen molar-refractivity contribution in [1.29, 1.82) is 0 Å². The fraction of sp³-hybridized carbons (Fsp3) is 0.0714. The number of carbonyl (C=O) groups excluding carboxylic acids is 1. The maximum absolute atomic E-state index is 11.6. The third kappa shape index (κ3) is 3.85. The number of benzene rings is 1. The first kappa shape index (κ1) is 15.1. The highest BCUT2D eigenvalue weighted by molar-refractivity contribution is 5.93. The Morgan fingerprint density at radius 3 is 2.91 bits per heavy atom. The molecule has 1 aromatic heterocycles. The number of nitro benzene ring substituents is 1. The maximum atomic E-state index is 11.6. The second-order valence-electron chi connectivity index (χ2n) is 4.33. The normalized spacial score (nSPS) is 11.1. The van der Waals surface area contributed by atoms with E-state index in [1.54, 1.807) is 31.2 Å². The number of hydrogen-bond donors (Lipinski definition) is 2. The molecule has 1 aromatic carbocycles. The highest BCUT2D eigenvalue weighted by Gasteiger charge is 2.09. The molecule has 22 heavy (non-hydrogen) atoms. The van der Waals surface area contributed by atoms with Gasteiger partial charge < -0.3 is 0 Å². The Kier molecular flexibility index (Phi) is 4.76. The summed E-state index contributed by atoms with van der Waals surface area (Å²) in [5.41, 5.74) is 3.76. The highest BCUT2D eigenvalue weighted by Crippen LogP contribution is 2.18. The number of hydrazone groups is 1. The number of H-pyrrole nitrogens is 1. The van der Waals surface area contributed by atoms with Gasteiger partial charge in [-0.3, -0.25) is 20.0 Å². The molecule has 1 heterocycles. The molecule has 1 amide bonds. The van der Waals surface area contributed by atoms with E-state index < -0.39 is 10.8 Å². The van der Waals surface area contributed by atoms with Crippen LogP contribution < -0.4 is 5.43 Å². The molecule has 0 saturated carbocycles. The molecule has 8 nitrogen and oxygen atoms in total. The molecule has 0 aliphatic heterocycles. The number of aromatic amines is 1. The van der Waals surface area contributed by atoms with Gasteiger partial charge in [-0.1, -0.05) is 12.1 Å². The Morgan fingerprint density at radius 2 is 2.23 bits per heavy atom. The molecule has 0 unspecified atom stereocenters. The van der Waals surface area contributed by atoms with Gasteiger partial charge in [0.2, 0.25) is 0 Å². The number of rotatable bonds is 5. The van der Waals surface area contributed by atoms with E-state index in [9.17, 15) is 14.9 Å². The van der Waals surface area contributed by atoms with Gasteiger partial charge in [-0.25, -0.2) is 5.43 Å². The lowest BCUT2D eigenvalue weighted by molar-refractivity contribution is -0.385. The van der Waals surface area contributed by atoms with Crippen molar-refractivity contribution in [2.45, 2.75) is 6.92 Å². The van der Waals surface area contributed by atoms with Gasteiger partial charge >= 0.3 is 0 Å². The number of allylic oxidation sites excluding steroid dienone is 1. The number of hydrogen-bond acceptors (Lipinski definition) is 5. The van der Waals surface area contributed by atoms with Crippen molar-refractivity contribution in [3.8, 4) is 0 Å². The zero-order chi connectivity index (χ0) is 15.9. The van der Waals surface area contributed by atoms with Crippen LogP contribution in [0.2, 0.25) is 0 Å². The van der Waals surface area contributed by atoms with Gasteiger partial charge in [0.25, 0.3) is 11.6 Å². The molecule has 112 valence electrons. The van der Waals surface area contributed by atoms with E-state index in [0.717, 1.165) is 5.69 Å². The molecule has 0 bridgehead atoms. The van der Waals surface area contributed by atoms with Crippen molar-refractivity contribution in [1.82, 2.24) is 15.6 Å². The van der Waals surface area contributed by atoms with E-state index in [0.29, 0.717) is 5.56 Å². The van der Waals surface area contributed by atoms with E-state index in [4.69, 9.17) is 0 Å². The van der Waals surface area contributed by atoms with Crippen LogP contribution in [-0.2, 0) is 0 Å². The average molecular weight is 299 g/mol. The third-order valence-corrected chi connectivity index (χ3v) is 2.67. The minimum Gasteiger partial charge on any atom is -0.282 e. The van der Waals surface area contributed by atoms with E-state index in [1.807, 2.05) is 0 Å². The number of carbonyl (C=O) groups is 1. The number of para-hydroxylation sites is 1. The lowest BCUT2D eigenvalue weighted by atomic mass is 10.2. The Bertz CT molecular complexity index is 748. The Labute approximate surface area is 125 Å². The molecule has 0 aliphatic carbocycles. The highest BCUT2D eigenvalue weighted by atomic mass is 16.6. The average Bonchev–Trinajstić information content (AvgIpc) is 2.93. The van der Waals surface area contributed by atoms with Crippen molar-refractivity contribution >= 4 is 23.9 Å². The summed E-state index contributed by atoms with van der Waals surface area (Å²) in [5.74, 6) is -0.445. The van der Waals surface area contributed by atoms with Crippen LogP contribution in [0, 0.1) is 17.0 Å². The van der Waals surface area contributed by atoms with Crippen LogP contribution in [0.1, 0.15) is 21.7 Å². The van der Waals surface area contributed by atoms with Crippen LogP contribution in [0.4, 0.5) is 5.69 Å². The van der Waals surface area contributed by atoms with Gasteiger partial charge in [-0.05, 0) is 31.2 Å². The standard InChI is InChI=1S/C14H13N5O3/c1-10-9-12(17-16-10)14(20)18-15-8-4-6-11-5-2-3-7-13(11)19(21)22/h2-9H,1H3,(H,16,17)(H,18,20). The van der Waals surface area contributed by atoms with Gasteiger partial charge in [-0.15, -0.1) is 0 Å². The number of nitrogens with zero attached hydrogens (tertiary/aromatic N) is 3. The number of aromatic nitrogens is 2. The molecule has 8 heteroatoms. The molecule has 0 saturated heterocycles. The van der Waals surface area contributed by atoms with Crippen molar-refractivity contribution in [3.05, 3.63) is 63.5 Å². The molecule has 0 atom stereocenters. The van der Waals surface area contributed by atoms with Crippen LogP contribution in [0.5, 0.6) is 0 Å². The van der Waals surface area contributed by atoms with Crippen LogP contribution in [0.15, 0.2) is 41.5 Å².